The third kappa shape index (κ3) is 6.47. The van der Waals surface area contributed by atoms with Crippen LogP contribution in [0.3, 0.4) is 0 Å². The van der Waals surface area contributed by atoms with Gasteiger partial charge in [-0.05, 0) is 122 Å². The topological polar surface area (TPSA) is 104 Å². The Bertz CT molecular complexity index is 2810. The highest BCUT2D eigenvalue weighted by atomic mass is 14.6. The van der Waals surface area contributed by atoms with Gasteiger partial charge in [-0.25, -0.2) is 9.69 Å². The quantitative estimate of drug-likeness (QED) is 0.113. The van der Waals surface area contributed by atoms with E-state index in [4.69, 9.17) is 13.1 Å². The summed E-state index contributed by atoms with van der Waals surface area (Å²) in [6, 6.07) is 68.1. The van der Waals surface area contributed by atoms with Gasteiger partial charge in [-0.1, -0.05) is 133 Å². The Morgan fingerprint density at radius 2 is 0.571 bits per heavy atom. The third-order valence-corrected chi connectivity index (χ3v) is 12.4. The molecule has 1 aliphatic carbocycles. The van der Waals surface area contributed by atoms with Crippen LogP contribution in [0.5, 0.6) is 0 Å². The number of hydrogen-bond acceptors (Lipinski definition) is 4. The maximum Gasteiger partial charge on any atom is 0.187 e. The highest BCUT2D eigenvalue weighted by Crippen LogP contribution is 2.51. The van der Waals surface area contributed by atoms with Crippen LogP contribution in [-0.2, 0) is 17.3 Å². The molecule has 0 N–H and O–H groups in total. The van der Waals surface area contributed by atoms with E-state index in [0.29, 0.717) is 40.0 Å². The molecular formula is C57H32N6. The Balaban J connectivity index is 1.25. The van der Waals surface area contributed by atoms with Crippen molar-refractivity contribution in [2.24, 2.45) is 0 Å². The average molecular weight is 801 g/mol. The van der Waals surface area contributed by atoms with Crippen LogP contribution < -0.4 is 0 Å². The SMILES string of the molecule is [C-]#[N+]c1ccc(C(c2ccc(C#N)cc2)(c2ccc([N+]#[C-])cc2)c2ccc3c(c2)Cc2cc(C(c4ccc(C#N)cc4)(c4ccc(C#N)cc4)c4ccc(C#N)cc4)ccc2-3)cc1. The van der Waals surface area contributed by atoms with Gasteiger partial charge in [-0.2, -0.15) is 21.0 Å². The fourth-order valence-corrected chi connectivity index (χ4v) is 9.43. The average Bonchev–Trinajstić information content (AvgIpc) is 3.73. The molecule has 0 spiro atoms. The van der Waals surface area contributed by atoms with Gasteiger partial charge in [0.1, 0.15) is 0 Å². The van der Waals surface area contributed by atoms with Crippen LogP contribution in [0.25, 0.3) is 20.8 Å². The lowest BCUT2D eigenvalue weighted by Crippen LogP contribution is -2.31. The summed E-state index contributed by atoms with van der Waals surface area (Å²) < 4.78 is 0. The van der Waals surface area contributed by atoms with Crippen molar-refractivity contribution < 1.29 is 0 Å². The van der Waals surface area contributed by atoms with E-state index in [1.54, 1.807) is 0 Å². The normalized spacial score (nSPS) is 11.3. The lowest BCUT2D eigenvalue weighted by Gasteiger charge is -2.37. The minimum Gasteiger partial charge on any atom is -0.238 e. The number of nitrogens with zero attached hydrogens (tertiary/aromatic N) is 6. The number of benzene rings is 8. The first-order chi connectivity index (χ1) is 30.9. The van der Waals surface area contributed by atoms with Gasteiger partial charge in [-0.3, -0.25) is 0 Å². The van der Waals surface area contributed by atoms with Crippen LogP contribution in [-0.4, -0.2) is 0 Å². The largest absolute Gasteiger partial charge is 0.238 e. The predicted molar refractivity (Wildman–Crippen MR) is 243 cm³/mol. The van der Waals surface area contributed by atoms with Gasteiger partial charge in [0.15, 0.2) is 11.4 Å². The van der Waals surface area contributed by atoms with E-state index in [1.807, 2.05) is 146 Å². The molecule has 0 aromatic heterocycles. The Hall–Kier alpha value is -9.30. The lowest BCUT2D eigenvalue weighted by atomic mass is 9.64. The Morgan fingerprint density at radius 1 is 0.333 bits per heavy atom. The standard InChI is InChI=1S/C57H32N6/c1-62-52-25-19-48(20-26-52)57(47-17-9-41(37-61)10-18-47,49-21-27-53(63-2)28-22-49)51-24-30-55-43(33-51)31-42-32-50(23-29-54(42)55)56(44-11-3-38(34-58)4-12-44,45-13-5-39(35-59)6-14-45)46-15-7-40(36-60)8-16-46/h3-30,32-33H,31H2. The van der Waals surface area contributed by atoms with Gasteiger partial charge in [0.2, 0.25) is 0 Å². The molecule has 0 saturated heterocycles. The molecule has 63 heavy (non-hydrogen) atoms. The Morgan fingerprint density at radius 3 is 0.810 bits per heavy atom. The molecule has 0 saturated carbocycles. The molecule has 0 unspecified atom stereocenters. The summed E-state index contributed by atoms with van der Waals surface area (Å²) in [7, 11) is 0. The number of nitriles is 4. The van der Waals surface area contributed by atoms with Crippen LogP contribution in [0.2, 0.25) is 0 Å². The minimum atomic E-state index is -0.898. The maximum absolute atomic E-state index is 9.78. The van der Waals surface area contributed by atoms with E-state index < -0.39 is 10.8 Å². The van der Waals surface area contributed by atoms with E-state index in [2.05, 4.69) is 70.4 Å². The summed E-state index contributed by atoms with van der Waals surface area (Å²) in [4.78, 5) is 7.35. The fraction of sp³-hybridized carbons (Fsp3) is 0.0526. The van der Waals surface area contributed by atoms with Gasteiger partial charge in [0.25, 0.3) is 0 Å². The highest BCUT2D eigenvalue weighted by Gasteiger charge is 2.41. The zero-order valence-electron chi connectivity index (χ0n) is 33.7. The summed E-state index contributed by atoms with van der Waals surface area (Å²) >= 11 is 0. The van der Waals surface area contributed by atoms with Crippen molar-refractivity contribution in [1.82, 2.24) is 0 Å². The summed E-state index contributed by atoms with van der Waals surface area (Å²) in [6.07, 6.45) is 0.632. The Kier molecular flexibility index (Phi) is 9.98. The molecule has 8 aromatic rings. The van der Waals surface area contributed by atoms with Crippen molar-refractivity contribution in [1.29, 1.82) is 21.0 Å². The molecular weight excluding hydrogens is 769 g/mol. The second kappa shape index (κ2) is 16.0. The first-order valence-corrected chi connectivity index (χ1v) is 20.2. The molecule has 6 heteroatoms. The zero-order valence-corrected chi connectivity index (χ0v) is 33.7. The van der Waals surface area contributed by atoms with E-state index in [-0.39, 0.29) is 0 Å². The zero-order chi connectivity index (χ0) is 43.6. The Labute approximate surface area is 366 Å². The third-order valence-electron chi connectivity index (χ3n) is 12.4. The molecule has 0 fully saturated rings. The van der Waals surface area contributed by atoms with Gasteiger partial charge < -0.3 is 0 Å². The molecule has 6 nitrogen and oxygen atoms in total. The number of hydrogen-bond donors (Lipinski definition) is 0. The van der Waals surface area contributed by atoms with Crippen molar-refractivity contribution in [3.63, 3.8) is 0 Å². The van der Waals surface area contributed by atoms with Crippen LogP contribution in [0.1, 0.15) is 77.9 Å². The number of rotatable bonds is 8. The summed E-state index contributed by atoms with van der Waals surface area (Å²) in [5, 5.41) is 39.1. The van der Waals surface area contributed by atoms with Crippen molar-refractivity contribution in [2.75, 3.05) is 0 Å². The smallest absolute Gasteiger partial charge is 0.187 e. The molecule has 0 atom stereocenters. The van der Waals surface area contributed by atoms with Gasteiger partial charge in [0.05, 0.1) is 70.5 Å². The van der Waals surface area contributed by atoms with Crippen molar-refractivity contribution in [3.8, 4) is 35.4 Å². The monoisotopic (exact) mass is 800 g/mol. The molecule has 0 bridgehead atoms. The first kappa shape index (κ1) is 39.2. The van der Waals surface area contributed by atoms with Crippen molar-refractivity contribution >= 4 is 11.4 Å². The molecule has 0 amide bonds. The first-order valence-electron chi connectivity index (χ1n) is 20.2. The molecule has 290 valence electrons. The van der Waals surface area contributed by atoms with Crippen LogP contribution in [0.4, 0.5) is 11.4 Å². The summed E-state index contributed by atoms with van der Waals surface area (Å²) in [6.45, 7) is 15.4. The van der Waals surface area contributed by atoms with Gasteiger partial charge >= 0.3 is 0 Å². The van der Waals surface area contributed by atoms with Crippen LogP contribution in [0, 0.1) is 58.5 Å². The second-order valence-electron chi connectivity index (χ2n) is 15.5. The second-order valence-corrected chi connectivity index (χ2v) is 15.5. The van der Waals surface area contributed by atoms with Crippen molar-refractivity contribution in [2.45, 2.75) is 17.3 Å². The van der Waals surface area contributed by atoms with Crippen LogP contribution in [0.15, 0.2) is 182 Å². The lowest BCUT2D eigenvalue weighted by molar-refractivity contribution is 0.743. The molecule has 1 aliphatic rings. The van der Waals surface area contributed by atoms with Crippen molar-refractivity contribution in [3.05, 3.63) is 283 Å². The molecule has 0 aliphatic heterocycles. The van der Waals surface area contributed by atoms with E-state index in [1.165, 1.54) is 0 Å². The van der Waals surface area contributed by atoms with Gasteiger partial charge in [0, 0.05) is 0 Å². The maximum atomic E-state index is 9.78. The fourth-order valence-electron chi connectivity index (χ4n) is 9.43. The summed E-state index contributed by atoms with van der Waals surface area (Å²) in [5.74, 6) is 0. The van der Waals surface area contributed by atoms with E-state index >= 15 is 0 Å². The van der Waals surface area contributed by atoms with Gasteiger partial charge in [-0.15, -0.1) is 0 Å². The molecule has 8 aromatic carbocycles. The van der Waals surface area contributed by atoms with E-state index in [9.17, 15) is 21.0 Å². The molecule has 0 radical (unpaired) electrons. The molecule has 0 heterocycles. The van der Waals surface area contributed by atoms with E-state index in [0.717, 1.165) is 66.8 Å². The minimum absolute atomic E-state index is 0.523. The predicted octanol–water partition coefficient (Wildman–Crippen LogP) is 12.6. The molecule has 9 rings (SSSR count). The number of fused-ring (bicyclic) bond motifs is 3. The summed E-state index contributed by atoms with van der Waals surface area (Å²) in [5.41, 5.74) is 13.5. The van der Waals surface area contributed by atoms with Crippen LogP contribution >= 0.6 is 0 Å². The highest BCUT2D eigenvalue weighted by molar-refractivity contribution is 5.80.